The number of alkyl halides is 4. The van der Waals surface area contributed by atoms with Crippen molar-refractivity contribution in [2.75, 3.05) is 0 Å². The quantitative estimate of drug-likeness (QED) is 0.347. The third-order valence-electron chi connectivity index (χ3n) is 6.10. The summed E-state index contributed by atoms with van der Waals surface area (Å²) in [4.78, 5) is -2.41. The highest BCUT2D eigenvalue weighted by atomic mass is 35.5. The van der Waals surface area contributed by atoms with Gasteiger partial charge in [-0.15, -0.1) is 23.2 Å². The highest BCUT2D eigenvalue weighted by molar-refractivity contribution is 6.66. The molecule has 0 nitrogen and oxygen atoms in total. The summed E-state index contributed by atoms with van der Waals surface area (Å²) in [6.07, 6.45) is 0. The highest BCUT2D eigenvalue weighted by Crippen LogP contribution is 2.90. The van der Waals surface area contributed by atoms with Gasteiger partial charge in [0.2, 0.25) is 0 Å². The number of halogens is 6. The summed E-state index contributed by atoms with van der Waals surface area (Å²) in [5, 5.41) is 0.533. The third-order valence-corrected chi connectivity index (χ3v) is 10.6. The third kappa shape index (κ3) is 0.932. The summed E-state index contributed by atoms with van der Waals surface area (Å²) < 4.78 is -1.47. The van der Waals surface area contributed by atoms with Gasteiger partial charge >= 0.3 is 0 Å². The largest absolute Gasteiger partial charge is 0.168 e. The Kier molecular flexibility index (Phi) is 2.72. The van der Waals surface area contributed by atoms with Crippen molar-refractivity contribution in [3.8, 4) is 0 Å². The molecular formula is C13H12Cl6. The lowest BCUT2D eigenvalue weighted by atomic mass is 9.44. The molecule has 0 aromatic rings. The Morgan fingerprint density at radius 1 is 0.684 bits per heavy atom. The average molecular weight is 381 g/mol. The van der Waals surface area contributed by atoms with Gasteiger partial charge in [-0.25, -0.2) is 0 Å². The molecule has 106 valence electrons. The monoisotopic (exact) mass is 378 g/mol. The molecule has 0 aromatic heterocycles. The molecule has 3 aliphatic rings. The molecule has 3 rings (SSSR count). The molecule has 1 fully saturated rings. The van der Waals surface area contributed by atoms with Crippen molar-refractivity contribution >= 4 is 69.6 Å². The Balaban J connectivity index is 2.49. The number of fused-ring (bicyclic) bond motifs is 5. The van der Waals surface area contributed by atoms with E-state index < -0.39 is 24.9 Å². The fourth-order valence-corrected chi connectivity index (χ4v) is 8.08. The van der Waals surface area contributed by atoms with E-state index in [4.69, 9.17) is 69.6 Å². The Labute approximate surface area is 143 Å². The Bertz CT molecular complexity index is 542. The zero-order valence-electron chi connectivity index (χ0n) is 10.8. The van der Waals surface area contributed by atoms with Gasteiger partial charge in [0.15, 0.2) is 4.33 Å². The maximum absolute atomic E-state index is 6.85. The van der Waals surface area contributed by atoms with Gasteiger partial charge < -0.3 is 0 Å². The van der Waals surface area contributed by atoms with Crippen LogP contribution in [-0.4, -0.2) is 14.1 Å². The Morgan fingerprint density at radius 2 is 0.947 bits per heavy atom. The number of rotatable bonds is 0. The summed E-state index contributed by atoms with van der Waals surface area (Å²) in [5.74, 6) is 0. The minimum atomic E-state index is -1.47. The molecule has 0 spiro atoms. The maximum atomic E-state index is 6.85. The van der Waals surface area contributed by atoms with Crippen LogP contribution < -0.4 is 0 Å². The average Bonchev–Trinajstić information content (AvgIpc) is 2.51. The molecule has 0 amide bonds. The lowest BCUT2D eigenvalue weighted by Gasteiger charge is -2.62. The van der Waals surface area contributed by atoms with Crippen LogP contribution in [0.3, 0.4) is 0 Å². The molecule has 19 heavy (non-hydrogen) atoms. The minimum absolute atomic E-state index is 0.266. The molecule has 4 atom stereocenters. The van der Waals surface area contributed by atoms with Crippen molar-refractivity contribution in [2.45, 2.75) is 41.8 Å². The molecule has 6 heteroatoms. The van der Waals surface area contributed by atoms with Gasteiger partial charge in [0.05, 0.1) is 10.1 Å². The summed E-state index contributed by atoms with van der Waals surface area (Å²) in [6.45, 7) is 8.06. The van der Waals surface area contributed by atoms with E-state index in [0.29, 0.717) is 0 Å². The van der Waals surface area contributed by atoms with E-state index in [0.717, 1.165) is 11.1 Å². The highest BCUT2D eigenvalue weighted by Gasteiger charge is 2.93. The first kappa shape index (κ1) is 15.1. The molecule has 1 saturated carbocycles. The summed E-state index contributed by atoms with van der Waals surface area (Å²) in [5.41, 5.74) is 1.21. The van der Waals surface area contributed by atoms with Crippen LogP contribution >= 0.6 is 69.6 Å². The maximum Gasteiger partial charge on any atom is 0.168 e. The van der Waals surface area contributed by atoms with Crippen LogP contribution in [0.1, 0.15) is 27.7 Å². The van der Waals surface area contributed by atoms with Crippen molar-refractivity contribution in [3.63, 3.8) is 0 Å². The van der Waals surface area contributed by atoms with Crippen molar-refractivity contribution in [2.24, 2.45) is 10.8 Å². The van der Waals surface area contributed by atoms with Crippen molar-refractivity contribution in [1.82, 2.24) is 0 Å². The second-order valence-corrected chi connectivity index (χ2v) is 9.24. The standard InChI is InChI=1S/C13H12Cl6/c1-5-6(2)10(4)9(5,3)11(16)7(14)8(15)12(10,17)13(11,18)19/h1-4H3/t9-,10-,11-,12-/m0/s1. The van der Waals surface area contributed by atoms with Crippen LogP contribution in [0.4, 0.5) is 0 Å². The van der Waals surface area contributed by atoms with Crippen molar-refractivity contribution < 1.29 is 0 Å². The summed E-state index contributed by atoms with van der Waals surface area (Å²) in [7, 11) is 0. The van der Waals surface area contributed by atoms with Crippen LogP contribution in [0.5, 0.6) is 0 Å². The fourth-order valence-electron chi connectivity index (χ4n) is 4.53. The first-order valence-electron chi connectivity index (χ1n) is 5.88. The minimum Gasteiger partial charge on any atom is -0.109 e. The molecule has 3 aliphatic carbocycles. The number of hydrogen-bond donors (Lipinski definition) is 0. The van der Waals surface area contributed by atoms with Crippen LogP contribution in [0.25, 0.3) is 0 Å². The smallest absolute Gasteiger partial charge is 0.109 e. The van der Waals surface area contributed by atoms with Crippen molar-refractivity contribution in [1.29, 1.82) is 0 Å². The molecule has 0 N–H and O–H groups in total. The Morgan fingerprint density at radius 3 is 1.21 bits per heavy atom. The zero-order valence-corrected chi connectivity index (χ0v) is 15.3. The lowest BCUT2D eigenvalue weighted by molar-refractivity contribution is 0.0987. The van der Waals surface area contributed by atoms with E-state index in [-0.39, 0.29) is 10.1 Å². The van der Waals surface area contributed by atoms with Gasteiger partial charge in [-0.1, -0.05) is 71.4 Å². The molecule has 0 saturated heterocycles. The molecule has 0 radical (unpaired) electrons. The Hall–Kier alpha value is 1.22. The zero-order chi connectivity index (χ0) is 14.8. The van der Waals surface area contributed by atoms with E-state index in [9.17, 15) is 0 Å². The van der Waals surface area contributed by atoms with Gasteiger partial charge in [-0.05, 0) is 13.8 Å². The van der Waals surface area contributed by atoms with E-state index in [1.807, 2.05) is 27.7 Å². The number of allylic oxidation sites excluding steroid dienone is 4. The van der Waals surface area contributed by atoms with Gasteiger partial charge in [-0.2, -0.15) is 0 Å². The van der Waals surface area contributed by atoms with Crippen molar-refractivity contribution in [3.05, 3.63) is 21.2 Å². The predicted octanol–water partition coefficient (Wildman–Crippen LogP) is 6.19. The van der Waals surface area contributed by atoms with Gasteiger partial charge in [0, 0.05) is 10.8 Å². The predicted molar refractivity (Wildman–Crippen MR) is 84.9 cm³/mol. The van der Waals surface area contributed by atoms with Gasteiger partial charge in [0.25, 0.3) is 0 Å². The molecule has 0 aromatic carbocycles. The van der Waals surface area contributed by atoms with E-state index in [2.05, 4.69) is 0 Å². The molecule has 0 aliphatic heterocycles. The molecule has 2 bridgehead atoms. The SMILES string of the molecule is CC1=C(C)[C@@]2(C)[C@@]1(C)[C@@]1(Cl)C(Cl)=C(Cl)[C@@]2(Cl)C1(Cl)Cl. The van der Waals surface area contributed by atoms with Crippen LogP contribution in [-0.2, 0) is 0 Å². The summed E-state index contributed by atoms with van der Waals surface area (Å²) in [6, 6.07) is 0. The van der Waals surface area contributed by atoms with Crippen LogP contribution in [0, 0.1) is 10.8 Å². The number of hydrogen-bond acceptors (Lipinski definition) is 0. The van der Waals surface area contributed by atoms with E-state index in [1.54, 1.807) is 0 Å². The first-order valence-corrected chi connectivity index (χ1v) is 8.15. The van der Waals surface area contributed by atoms with E-state index in [1.165, 1.54) is 0 Å². The topological polar surface area (TPSA) is 0 Å². The molecule has 0 heterocycles. The fraction of sp³-hybridized carbons (Fsp3) is 0.692. The second-order valence-electron chi connectivity index (χ2n) is 6.02. The summed E-state index contributed by atoms with van der Waals surface area (Å²) >= 11 is 39.7. The van der Waals surface area contributed by atoms with Gasteiger partial charge in [0.1, 0.15) is 9.75 Å². The van der Waals surface area contributed by atoms with E-state index >= 15 is 0 Å². The molecular weight excluding hydrogens is 369 g/mol. The lowest BCUT2D eigenvalue weighted by Crippen LogP contribution is -2.61. The second kappa shape index (κ2) is 3.42. The normalized spacial score (nSPS) is 54.6. The van der Waals surface area contributed by atoms with Crippen LogP contribution in [0.2, 0.25) is 0 Å². The van der Waals surface area contributed by atoms with Gasteiger partial charge in [-0.3, -0.25) is 0 Å². The molecule has 0 unspecified atom stereocenters. The van der Waals surface area contributed by atoms with Crippen LogP contribution in [0.15, 0.2) is 21.2 Å². The first-order chi connectivity index (χ1) is 8.38.